The zero-order chi connectivity index (χ0) is 11.2. The second kappa shape index (κ2) is 5.41. The number of aliphatic imine (C=N–C) groups is 1. The van der Waals surface area contributed by atoms with Gasteiger partial charge in [-0.3, -0.25) is 4.99 Å². The molecular weight excluding hydrogens is 193 g/mol. The molecule has 0 amide bonds. The normalized spacial score (nSPS) is 11.9. The van der Waals surface area contributed by atoms with Gasteiger partial charge >= 0.3 is 37.0 Å². The molecule has 0 fully saturated rings. The summed E-state index contributed by atoms with van der Waals surface area (Å²) in [6, 6.07) is 14.3. The minimum absolute atomic E-state index is 1.04. The molecule has 0 radical (unpaired) electrons. The second-order valence-electron chi connectivity index (χ2n) is 3.81. The molecule has 2 aromatic rings. The van der Waals surface area contributed by atoms with Crippen molar-refractivity contribution in [1.29, 1.82) is 0 Å². The van der Waals surface area contributed by atoms with Crippen molar-refractivity contribution in [3.05, 3.63) is 60.0 Å². The van der Waals surface area contributed by atoms with Crippen molar-refractivity contribution in [2.24, 2.45) is 4.99 Å². The molecule has 3 rings (SSSR count). The molecule has 0 aliphatic carbocycles. The predicted octanol–water partition coefficient (Wildman–Crippen LogP) is 3.36. The summed E-state index contributed by atoms with van der Waals surface area (Å²) in [6.45, 7) is 4.07. The summed E-state index contributed by atoms with van der Waals surface area (Å²) < 4.78 is 0. The molecule has 0 spiro atoms. The summed E-state index contributed by atoms with van der Waals surface area (Å²) in [5.74, 6) is 4.00. The van der Waals surface area contributed by atoms with E-state index >= 15 is 0 Å². The van der Waals surface area contributed by atoms with Crippen LogP contribution in [0, 0.1) is 0 Å². The van der Waals surface area contributed by atoms with E-state index in [4.69, 9.17) is 0 Å². The Morgan fingerprint density at radius 2 is 1.75 bits per heavy atom. The van der Waals surface area contributed by atoms with Crippen LogP contribution in [0.2, 0.25) is 0 Å². The van der Waals surface area contributed by atoms with Gasteiger partial charge in [-0.05, 0) is 18.6 Å². The number of rotatable bonds is 0. The summed E-state index contributed by atoms with van der Waals surface area (Å²) in [6.07, 6.45) is 1.04. The van der Waals surface area contributed by atoms with E-state index in [0.717, 1.165) is 12.1 Å². The fraction of sp³-hybridized carbons (Fsp3) is 0.143. The average Bonchev–Trinajstić information content (AvgIpc) is 2.72. The van der Waals surface area contributed by atoms with E-state index in [-0.39, 0.29) is 0 Å². The van der Waals surface area contributed by atoms with E-state index in [1.54, 1.807) is 0 Å². The molecule has 0 unspecified atom stereocenters. The van der Waals surface area contributed by atoms with Crippen molar-refractivity contribution in [3.63, 3.8) is 0 Å². The third kappa shape index (κ3) is 2.90. The number of para-hydroxylation sites is 1. The summed E-state index contributed by atoms with van der Waals surface area (Å²) in [5, 5.41) is 0. The van der Waals surface area contributed by atoms with E-state index in [1.165, 1.54) is 11.3 Å². The molecule has 1 nitrogen and oxygen atoms in total. The Morgan fingerprint density at radius 3 is 2.31 bits per heavy atom. The van der Waals surface area contributed by atoms with Gasteiger partial charge in [0.25, 0.3) is 0 Å². The van der Waals surface area contributed by atoms with E-state index in [9.17, 15) is 0 Å². The first-order valence-corrected chi connectivity index (χ1v) is 5.48. The van der Waals surface area contributed by atoms with E-state index in [0.29, 0.717) is 0 Å². The molecule has 78 valence electrons. The molecule has 0 atom stereocenters. The Balaban J connectivity index is 0.000000138. The first kappa shape index (κ1) is 10.8. The van der Waals surface area contributed by atoms with Crippen molar-refractivity contribution in [2.75, 3.05) is 0 Å². The van der Waals surface area contributed by atoms with Crippen LogP contribution in [0.4, 0.5) is 5.69 Å². The summed E-state index contributed by atoms with van der Waals surface area (Å²) in [7, 11) is 0. The molecule has 0 saturated carbocycles. The molecule has 2 heteroatoms. The minimum atomic E-state index is 1.04. The molecular formula is C14H14BN. The van der Waals surface area contributed by atoms with Crippen molar-refractivity contribution < 1.29 is 0 Å². The van der Waals surface area contributed by atoms with Crippen LogP contribution in [0.3, 0.4) is 0 Å². The van der Waals surface area contributed by atoms with Crippen LogP contribution < -0.4 is 0 Å². The first-order chi connectivity index (χ1) is 7.86. The van der Waals surface area contributed by atoms with Crippen LogP contribution >= 0.6 is 0 Å². The van der Waals surface area contributed by atoms with Crippen molar-refractivity contribution in [3.8, 4) is 0 Å². The fourth-order valence-corrected chi connectivity index (χ4v) is 1.68. The Bertz CT molecular complexity index is 450. The summed E-state index contributed by atoms with van der Waals surface area (Å²) in [5.41, 5.74) is 3.74. The molecule has 1 aliphatic heterocycles. The van der Waals surface area contributed by atoms with Crippen LogP contribution in [0.15, 0.2) is 59.4 Å². The van der Waals surface area contributed by atoms with Crippen LogP contribution in [-0.4, -0.2) is 12.6 Å². The first-order valence-electron chi connectivity index (χ1n) is 5.48. The van der Waals surface area contributed by atoms with Crippen molar-refractivity contribution in [1.82, 2.24) is 0 Å². The monoisotopic (exact) mass is 207 g/mol. The van der Waals surface area contributed by atoms with Crippen molar-refractivity contribution >= 4 is 18.3 Å². The van der Waals surface area contributed by atoms with Gasteiger partial charge in [0, 0.05) is 12.1 Å². The third-order valence-electron chi connectivity index (χ3n) is 2.42. The van der Waals surface area contributed by atoms with Gasteiger partial charge in [0.2, 0.25) is 0 Å². The molecule has 1 aromatic heterocycles. The SMILES string of the molecule is CC1=Nc2ccccc2C1.b1ccccc1. The third-order valence-corrected chi connectivity index (χ3v) is 2.42. The Morgan fingerprint density at radius 1 is 1.00 bits per heavy atom. The zero-order valence-corrected chi connectivity index (χ0v) is 9.43. The molecule has 16 heavy (non-hydrogen) atoms. The van der Waals surface area contributed by atoms with Gasteiger partial charge in [0.05, 0.1) is 5.69 Å². The molecule has 1 aromatic carbocycles. The molecule has 0 N–H and O–H groups in total. The zero-order valence-electron chi connectivity index (χ0n) is 9.43. The van der Waals surface area contributed by atoms with Gasteiger partial charge in [0.1, 0.15) is 0 Å². The van der Waals surface area contributed by atoms with Gasteiger partial charge in [-0.1, -0.05) is 18.2 Å². The second-order valence-corrected chi connectivity index (χ2v) is 3.81. The Hall–Kier alpha value is -1.70. The number of hydrogen-bond acceptors (Lipinski definition) is 1. The van der Waals surface area contributed by atoms with Crippen LogP contribution in [0.1, 0.15) is 12.5 Å². The number of nitrogens with zero attached hydrogens (tertiary/aromatic N) is 1. The number of benzene rings is 1. The topological polar surface area (TPSA) is 12.4 Å². The van der Waals surface area contributed by atoms with Crippen molar-refractivity contribution in [2.45, 2.75) is 13.3 Å². The Kier molecular flexibility index (Phi) is 3.65. The summed E-state index contributed by atoms with van der Waals surface area (Å²) in [4.78, 5) is 4.37. The predicted molar refractivity (Wildman–Crippen MR) is 70.7 cm³/mol. The molecule has 0 saturated heterocycles. The van der Waals surface area contributed by atoms with Crippen LogP contribution in [0.25, 0.3) is 0 Å². The molecule has 2 heterocycles. The van der Waals surface area contributed by atoms with Gasteiger partial charge < -0.3 is 0 Å². The number of fused-ring (bicyclic) bond motifs is 1. The van der Waals surface area contributed by atoms with Crippen LogP contribution in [-0.2, 0) is 6.42 Å². The van der Waals surface area contributed by atoms with Gasteiger partial charge in [-0.25, -0.2) is 0 Å². The summed E-state index contributed by atoms with van der Waals surface area (Å²) >= 11 is 0. The van der Waals surface area contributed by atoms with Gasteiger partial charge in [0.15, 0.2) is 0 Å². The molecule has 1 aliphatic rings. The van der Waals surface area contributed by atoms with Crippen LogP contribution in [0.5, 0.6) is 0 Å². The maximum atomic E-state index is 4.37. The van der Waals surface area contributed by atoms with E-state index < -0.39 is 0 Å². The van der Waals surface area contributed by atoms with E-state index in [1.807, 2.05) is 43.1 Å². The molecule has 0 bridgehead atoms. The Labute approximate surface area is 97.1 Å². The standard InChI is InChI=1S/C9H9N.C5H5B/c1-7-6-8-4-2-3-5-9(8)10-7;1-2-4-6-5-3-1/h2-5H,6H2,1H3;1-5H. The van der Waals surface area contributed by atoms with E-state index in [2.05, 4.69) is 30.1 Å². The fourth-order valence-electron chi connectivity index (χ4n) is 1.68. The number of hydrogen-bond donors (Lipinski definition) is 0. The van der Waals surface area contributed by atoms with Gasteiger partial charge in [-0.15, -0.1) is 0 Å². The quantitative estimate of drug-likeness (QED) is 0.628. The van der Waals surface area contributed by atoms with Gasteiger partial charge in [-0.2, -0.15) is 0 Å². The maximum absolute atomic E-state index is 4.37. The average molecular weight is 207 g/mol.